The molecule has 0 saturated heterocycles. The van der Waals surface area contributed by atoms with Gasteiger partial charge >= 0.3 is 5.97 Å². The number of hydrogen-bond donors (Lipinski definition) is 0. The van der Waals surface area contributed by atoms with Crippen LogP contribution in [0.3, 0.4) is 0 Å². The van der Waals surface area contributed by atoms with Gasteiger partial charge in [0.25, 0.3) is 0 Å². The summed E-state index contributed by atoms with van der Waals surface area (Å²) in [5.74, 6) is -0.245. The number of carbonyl (C=O) groups is 1. The first-order valence-corrected chi connectivity index (χ1v) is 4.23. The van der Waals surface area contributed by atoms with Crippen LogP contribution >= 0.6 is 0 Å². The Hall–Kier alpha value is -0.790. The molecule has 0 aromatic heterocycles. The molecule has 0 radical (unpaired) electrons. The van der Waals surface area contributed by atoms with E-state index < -0.39 is 0 Å². The minimum absolute atomic E-state index is 0.0484. The van der Waals surface area contributed by atoms with E-state index in [0.29, 0.717) is 6.61 Å². The number of rotatable bonds is 2. The lowest BCUT2D eigenvalue weighted by Gasteiger charge is -2.18. The number of carbonyl (C=O) groups excluding carboxylic acids is 1. The van der Waals surface area contributed by atoms with Crippen LogP contribution in [0.25, 0.3) is 0 Å². The van der Waals surface area contributed by atoms with Gasteiger partial charge in [-0.2, -0.15) is 0 Å². The second-order valence-electron chi connectivity index (χ2n) is 3.83. The summed E-state index contributed by atoms with van der Waals surface area (Å²) < 4.78 is 4.79. The molecular weight excluding hydrogens is 152 g/mol. The van der Waals surface area contributed by atoms with Crippen LogP contribution in [-0.2, 0) is 9.53 Å². The Balaban J connectivity index is 4.26. The molecule has 0 aromatic carbocycles. The van der Waals surface area contributed by atoms with Gasteiger partial charge in [0.15, 0.2) is 0 Å². The molecule has 0 bridgehead atoms. The molecule has 70 valence electrons. The summed E-state index contributed by atoms with van der Waals surface area (Å²) in [4.78, 5) is 11.0. The van der Waals surface area contributed by atoms with Gasteiger partial charge in [-0.1, -0.05) is 26.3 Å². The minimum atomic E-state index is -0.245. The fraction of sp³-hybridized carbons (Fsp3) is 0.700. The van der Waals surface area contributed by atoms with Crippen LogP contribution in [-0.4, -0.2) is 12.6 Å². The first kappa shape index (κ1) is 11.2. The highest BCUT2D eigenvalue weighted by molar-refractivity contribution is 5.82. The lowest BCUT2D eigenvalue weighted by atomic mass is 9.87. The third-order valence-corrected chi connectivity index (χ3v) is 1.80. The van der Waals surface area contributed by atoms with Crippen LogP contribution in [0.15, 0.2) is 11.6 Å². The van der Waals surface area contributed by atoms with E-state index >= 15 is 0 Å². The van der Waals surface area contributed by atoms with Crippen molar-refractivity contribution in [1.82, 2.24) is 0 Å². The molecule has 0 unspecified atom stereocenters. The second kappa shape index (κ2) is 4.29. The van der Waals surface area contributed by atoms with Crippen molar-refractivity contribution in [3.63, 3.8) is 0 Å². The highest BCUT2D eigenvalue weighted by Gasteiger charge is 2.13. The fourth-order valence-electron chi connectivity index (χ4n) is 0.577. The second-order valence-corrected chi connectivity index (χ2v) is 3.83. The largest absolute Gasteiger partial charge is 0.463 e. The molecule has 2 heteroatoms. The van der Waals surface area contributed by atoms with Gasteiger partial charge in [-0.05, 0) is 19.3 Å². The van der Waals surface area contributed by atoms with Crippen molar-refractivity contribution in [3.05, 3.63) is 11.6 Å². The molecular formula is C10H18O2. The van der Waals surface area contributed by atoms with Crippen molar-refractivity contribution in [2.45, 2.75) is 34.6 Å². The van der Waals surface area contributed by atoms with Gasteiger partial charge in [0.05, 0.1) is 6.61 Å². The summed E-state index contributed by atoms with van der Waals surface area (Å²) in [5.41, 5.74) is 1.09. The highest BCUT2D eigenvalue weighted by Crippen LogP contribution is 2.23. The Bertz CT molecular complexity index is 185. The SMILES string of the molecule is CCOC(=O)/C=C(\C)C(C)(C)C. The maximum Gasteiger partial charge on any atom is 0.330 e. The van der Waals surface area contributed by atoms with E-state index in [9.17, 15) is 4.79 Å². The molecule has 0 saturated carbocycles. The number of hydrogen-bond acceptors (Lipinski definition) is 2. The third-order valence-electron chi connectivity index (χ3n) is 1.80. The molecule has 0 fully saturated rings. The molecule has 0 N–H and O–H groups in total. The molecule has 2 nitrogen and oxygen atoms in total. The lowest BCUT2D eigenvalue weighted by Crippen LogP contribution is -2.10. The normalized spacial score (nSPS) is 12.9. The van der Waals surface area contributed by atoms with E-state index in [2.05, 4.69) is 20.8 Å². The van der Waals surface area contributed by atoms with E-state index in [0.717, 1.165) is 5.57 Å². The van der Waals surface area contributed by atoms with E-state index in [1.54, 1.807) is 13.0 Å². The summed E-state index contributed by atoms with van der Waals surface area (Å²) in [6.07, 6.45) is 1.56. The smallest absolute Gasteiger partial charge is 0.330 e. The van der Waals surface area contributed by atoms with Crippen LogP contribution in [0.4, 0.5) is 0 Å². The molecule has 0 spiro atoms. The Labute approximate surface area is 74.6 Å². The van der Waals surface area contributed by atoms with Crippen LogP contribution in [0.2, 0.25) is 0 Å². The highest BCUT2D eigenvalue weighted by atomic mass is 16.5. The van der Waals surface area contributed by atoms with Crippen LogP contribution in [0.5, 0.6) is 0 Å². The molecule has 0 rings (SSSR count). The molecule has 12 heavy (non-hydrogen) atoms. The molecule has 0 heterocycles. The van der Waals surface area contributed by atoms with Gasteiger partial charge in [-0.3, -0.25) is 0 Å². The quantitative estimate of drug-likeness (QED) is 0.470. The molecule has 0 aromatic rings. The molecule has 0 aliphatic heterocycles. The van der Waals surface area contributed by atoms with Gasteiger partial charge in [0, 0.05) is 6.08 Å². The summed E-state index contributed by atoms with van der Waals surface area (Å²) in [6, 6.07) is 0. The van der Waals surface area contributed by atoms with Gasteiger partial charge in [0.1, 0.15) is 0 Å². The Morgan fingerprint density at radius 2 is 1.92 bits per heavy atom. The van der Waals surface area contributed by atoms with Crippen molar-refractivity contribution in [2.24, 2.45) is 5.41 Å². The summed E-state index contributed by atoms with van der Waals surface area (Å²) in [5, 5.41) is 0. The number of esters is 1. The average Bonchev–Trinajstić information content (AvgIpc) is 1.85. The van der Waals surface area contributed by atoms with Crippen molar-refractivity contribution < 1.29 is 9.53 Å². The molecule has 0 aliphatic carbocycles. The molecule has 0 amide bonds. The average molecular weight is 170 g/mol. The molecule has 0 atom stereocenters. The zero-order valence-corrected chi connectivity index (χ0v) is 8.60. The minimum Gasteiger partial charge on any atom is -0.463 e. The summed E-state index contributed by atoms with van der Waals surface area (Å²) >= 11 is 0. The monoisotopic (exact) mass is 170 g/mol. The number of allylic oxidation sites excluding steroid dienone is 1. The Morgan fingerprint density at radius 3 is 2.25 bits per heavy atom. The van der Waals surface area contributed by atoms with Gasteiger partial charge in [-0.25, -0.2) is 4.79 Å². The van der Waals surface area contributed by atoms with Crippen molar-refractivity contribution >= 4 is 5.97 Å². The lowest BCUT2D eigenvalue weighted by molar-refractivity contribution is -0.137. The Morgan fingerprint density at radius 1 is 1.42 bits per heavy atom. The predicted molar refractivity (Wildman–Crippen MR) is 49.8 cm³/mol. The van der Waals surface area contributed by atoms with Gasteiger partial charge < -0.3 is 4.74 Å². The van der Waals surface area contributed by atoms with Gasteiger partial charge in [-0.15, -0.1) is 0 Å². The fourth-order valence-corrected chi connectivity index (χ4v) is 0.577. The summed E-state index contributed by atoms with van der Waals surface area (Å²) in [7, 11) is 0. The van der Waals surface area contributed by atoms with Crippen molar-refractivity contribution in [3.8, 4) is 0 Å². The zero-order chi connectivity index (χ0) is 9.78. The van der Waals surface area contributed by atoms with Crippen molar-refractivity contribution in [2.75, 3.05) is 6.61 Å². The summed E-state index contributed by atoms with van der Waals surface area (Å²) in [6.45, 7) is 10.4. The first-order valence-electron chi connectivity index (χ1n) is 4.23. The maximum atomic E-state index is 11.0. The van der Waals surface area contributed by atoms with Crippen molar-refractivity contribution in [1.29, 1.82) is 0 Å². The first-order chi connectivity index (χ1) is 5.38. The van der Waals surface area contributed by atoms with E-state index in [-0.39, 0.29) is 11.4 Å². The Kier molecular flexibility index (Phi) is 4.01. The van der Waals surface area contributed by atoms with Crippen LogP contribution < -0.4 is 0 Å². The van der Waals surface area contributed by atoms with Gasteiger partial charge in [0.2, 0.25) is 0 Å². The predicted octanol–water partition coefficient (Wildman–Crippen LogP) is 2.54. The van der Waals surface area contributed by atoms with Crippen LogP contribution in [0.1, 0.15) is 34.6 Å². The standard InChI is InChI=1S/C10H18O2/c1-6-12-9(11)7-8(2)10(3,4)5/h7H,6H2,1-5H3/b8-7+. The van der Waals surface area contributed by atoms with E-state index in [1.807, 2.05) is 6.92 Å². The zero-order valence-electron chi connectivity index (χ0n) is 8.60. The number of ether oxygens (including phenoxy) is 1. The topological polar surface area (TPSA) is 26.3 Å². The molecule has 0 aliphatic rings. The third kappa shape index (κ3) is 4.16. The maximum absolute atomic E-state index is 11.0. The van der Waals surface area contributed by atoms with E-state index in [4.69, 9.17) is 4.74 Å². The van der Waals surface area contributed by atoms with Crippen LogP contribution in [0, 0.1) is 5.41 Å². The van der Waals surface area contributed by atoms with E-state index in [1.165, 1.54) is 0 Å².